The Balaban J connectivity index is 1.38. The molecule has 0 aliphatic carbocycles. The van der Waals surface area contributed by atoms with Gasteiger partial charge in [-0.3, -0.25) is 9.59 Å². The average molecular weight is 498 g/mol. The van der Waals surface area contributed by atoms with E-state index in [9.17, 15) is 9.59 Å². The minimum atomic E-state index is -0.446. The van der Waals surface area contributed by atoms with Gasteiger partial charge in [-0.2, -0.15) is 5.10 Å². The number of thioether (sulfide) groups is 1. The summed E-state index contributed by atoms with van der Waals surface area (Å²) in [5, 5.41) is 16.7. The molecule has 180 valence electrons. The first-order valence-electron chi connectivity index (χ1n) is 11.4. The molecule has 1 atom stereocenters. The molecule has 0 spiro atoms. The van der Waals surface area contributed by atoms with Gasteiger partial charge in [-0.15, -0.1) is 10.2 Å². The van der Waals surface area contributed by atoms with Crippen molar-refractivity contribution in [3.05, 3.63) is 106 Å². The van der Waals surface area contributed by atoms with Crippen molar-refractivity contribution in [1.29, 1.82) is 0 Å². The van der Waals surface area contributed by atoms with Crippen LogP contribution in [0, 0.1) is 0 Å². The maximum Gasteiger partial charge on any atom is 0.277 e. The molecule has 0 bridgehead atoms. The standard InChI is InChI=1S/C27H23N5O3S/c1-18(24(33)28-16-19-10-4-2-5-11-19)36-27-30-29-25(35-27)23-21-14-8-9-15-22(21)26(34)32(31-23)17-20-12-6-3-7-13-20/h2-15,18H,16-17H2,1H3,(H,28,33). The van der Waals surface area contributed by atoms with E-state index in [4.69, 9.17) is 4.42 Å². The highest BCUT2D eigenvalue weighted by atomic mass is 32.2. The van der Waals surface area contributed by atoms with E-state index in [2.05, 4.69) is 20.6 Å². The number of hydrogen-bond acceptors (Lipinski definition) is 7. The minimum absolute atomic E-state index is 0.136. The fourth-order valence-electron chi connectivity index (χ4n) is 3.74. The fourth-order valence-corrected chi connectivity index (χ4v) is 4.45. The number of hydrogen-bond donors (Lipinski definition) is 1. The van der Waals surface area contributed by atoms with Crippen molar-refractivity contribution < 1.29 is 9.21 Å². The van der Waals surface area contributed by atoms with E-state index in [1.807, 2.05) is 78.9 Å². The summed E-state index contributed by atoms with van der Waals surface area (Å²) in [6.07, 6.45) is 0. The molecule has 1 N–H and O–H groups in total. The van der Waals surface area contributed by atoms with Crippen molar-refractivity contribution in [2.75, 3.05) is 0 Å². The molecule has 36 heavy (non-hydrogen) atoms. The predicted octanol–water partition coefficient (Wildman–Crippen LogP) is 4.29. The number of aromatic nitrogens is 4. The molecule has 2 heterocycles. The second kappa shape index (κ2) is 10.6. The van der Waals surface area contributed by atoms with Crippen LogP contribution in [-0.4, -0.2) is 31.1 Å². The highest BCUT2D eigenvalue weighted by Gasteiger charge is 2.21. The Morgan fingerprint density at radius 1 is 0.917 bits per heavy atom. The molecule has 0 aliphatic heterocycles. The zero-order valence-electron chi connectivity index (χ0n) is 19.5. The minimum Gasteiger partial charge on any atom is -0.409 e. The number of carbonyl (C=O) groups excluding carboxylic acids is 1. The van der Waals surface area contributed by atoms with Gasteiger partial charge in [0.1, 0.15) is 0 Å². The van der Waals surface area contributed by atoms with E-state index >= 15 is 0 Å². The van der Waals surface area contributed by atoms with E-state index in [1.165, 1.54) is 16.4 Å². The smallest absolute Gasteiger partial charge is 0.277 e. The van der Waals surface area contributed by atoms with Gasteiger partial charge in [0.05, 0.1) is 17.2 Å². The van der Waals surface area contributed by atoms with E-state index < -0.39 is 5.25 Å². The maximum atomic E-state index is 13.1. The summed E-state index contributed by atoms with van der Waals surface area (Å²) in [6, 6.07) is 26.6. The molecule has 1 amide bonds. The molecule has 0 saturated heterocycles. The molecule has 5 rings (SSSR count). The normalized spacial score (nSPS) is 11.9. The highest BCUT2D eigenvalue weighted by molar-refractivity contribution is 8.00. The Hall–Kier alpha value is -4.24. The van der Waals surface area contributed by atoms with Crippen molar-refractivity contribution in [2.45, 2.75) is 30.5 Å². The number of carbonyl (C=O) groups is 1. The highest BCUT2D eigenvalue weighted by Crippen LogP contribution is 2.28. The van der Waals surface area contributed by atoms with Crippen LogP contribution in [0.1, 0.15) is 18.1 Å². The third-order valence-corrected chi connectivity index (χ3v) is 6.54. The van der Waals surface area contributed by atoms with Crippen LogP contribution in [0.15, 0.2) is 99.4 Å². The topological polar surface area (TPSA) is 103 Å². The van der Waals surface area contributed by atoms with Crippen LogP contribution in [0.25, 0.3) is 22.4 Å². The lowest BCUT2D eigenvalue weighted by molar-refractivity contribution is -0.120. The van der Waals surface area contributed by atoms with Gasteiger partial charge in [0.15, 0.2) is 5.69 Å². The quantitative estimate of drug-likeness (QED) is 0.319. The van der Waals surface area contributed by atoms with E-state index in [-0.39, 0.29) is 22.6 Å². The van der Waals surface area contributed by atoms with Gasteiger partial charge >= 0.3 is 0 Å². The molecular formula is C27H23N5O3S. The summed E-state index contributed by atoms with van der Waals surface area (Å²) >= 11 is 1.17. The van der Waals surface area contributed by atoms with Crippen LogP contribution in [-0.2, 0) is 17.9 Å². The van der Waals surface area contributed by atoms with Crippen LogP contribution in [0.2, 0.25) is 0 Å². The first-order chi connectivity index (χ1) is 17.6. The third-order valence-electron chi connectivity index (χ3n) is 5.61. The molecule has 2 aromatic heterocycles. The Morgan fingerprint density at radius 2 is 1.56 bits per heavy atom. The molecule has 3 aromatic carbocycles. The van der Waals surface area contributed by atoms with Crippen molar-refractivity contribution in [3.8, 4) is 11.6 Å². The third kappa shape index (κ3) is 5.21. The van der Waals surface area contributed by atoms with Gasteiger partial charge in [0.2, 0.25) is 5.91 Å². The molecule has 0 radical (unpaired) electrons. The number of benzene rings is 3. The van der Waals surface area contributed by atoms with E-state index in [0.29, 0.717) is 29.6 Å². The number of nitrogens with one attached hydrogen (secondary N) is 1. The molecule has 0 fully saturated rings. The number of fused-ring (bicyclic) bond motifs is 1. The summed E-state index contributed by atoms with van der Waals surface area (Å²) in [5.41, 5.74) is 2.19. The summed E-state index contributed by atoms with van der Waals surface area (Å²) < 4.78 is 7.30. The average Bonchev–Trinajstić information content (AvgIpc) is 3.38. The molecule has 5 aromatic rings. The van der Waals surface area contributed by atoms with Crippen molar-refractivity contribution in [2.24, 2.45) is 0 Å². The van der Waals surface area contributed by atoms with Crippen molar-refractivity contribution in [3.63, 3.8) is 0 Å². The summed E-state index contributed by atoms with van der Waals surface area (Å²) in [4.78, 5) is 25.6. The van der Waals surface area contributed by atoms with Gasteiger partial charge in [0.25, 0.3) is 16.7 Å². The SMILES string of the molecule is CC(Sc1nnc(-c2nn(Cc3ccccc3)c(=O)c3ccccc23)o1)C(=O)NCc1ccccc1. The Bertz CT molecular complexity index is 1550. The van der Waals surface area contributed by atoms with Crippen LogP contribution in [0.4, 0.5) is 0 Å². The Morgan fingerprint density at radius 3 is 2.28 bits per heavy atom. The maximum absolute atomic E-state index is 13.1. The number of rotatable bonds is 8. The number of nitrogens with zero attached hydrogens (tertiary/aromatic N) is 4. The predicted molar refractivity (Wildman–Crippen MR) is 138 cm³/mol. The molecule has 0 saturated carbocycles. The largest absolute Gasteiger partial charge is 0.409 e. The first-order valence-corrected chi connectivity index (χ1v) is 12.3. The summed E-state index contributed by atoms with van der Waals surface area (Å²) in [7, 11) is 0. The van der Waals surface area contributed by atoms with Crippen molar-refractivity contribution in [1.82, 2.24) is 25.3 Å². The summed E-state index contributed by atoms with van der Waals surface area (Å²) in [5.74, 6) is 0.0518. The van der Waals surface area contributed by atoms with Crippen LogP contribution in [0.5, 0.6) is 0 Å². The molecule has 9 heteroatoms. The molecule has 0 aliphatic rings. The Kier molecular flexibility index (Phi) is 6.90. The lowest BCUT2D eigenvalue weighted by Crippen LogP contribution is -2.30. The Labute approximate surface area is 211 Å². The van der Waals surface area contributed by atoms with Gasteiger partial charge in [-0.05, 0) is 24.1 Å². The summed E-state index contributed by atoms with van der Waals surface area (Å²) in [6.45, 7) is 2.53. The van der Waals surface area contributed by atoms with E-state index in [1.54, 1.807) is 13.0 Å². The number of amides is 1. The van der Waals surface area contributed by atoms with Gasteiger partial charge < -0.3 is 9.73 Å². The van der Waals surface area contributed by atoms with Crippen molar-refractivity contribution >= 4 is 28.4 Å². The second-order valence-corrected chi connectivity index (χ2v) is 9.47. The van der Waals surface area contributed by atoms with Crippen LogP contribution >= 0.6 is 11.8 Å². The molecule has 8 nitrogen and oxygen atoms in total. The molecule has 1 unspecified atom stereocenters. The van der Waals surface area contributed by atoms with Gasteiger partial charge in [-0.1, -0.05) is 90.6 Å². The second-order valence-electron chi connectivity index (χ2n) is 8.18. The zero-order valence-corrected chi connectivity index (χ0v) is 20.3. The van der Waals surface area contributed by atoms with Gasteiger partial charge in [0, 0.05) is 11.9 Å². The lowest BCUT2D eigenvalue weighted by Gasteiger charge is -2.10. The van der Waals surface area contributed by atoms with Crippen LogP contribution < -0.4 is 10.9 Å². The monoisotopic (exact) mass is 497 g/mol. The van der Waals surface area contributed by atoms with Gasteiger partial charge in [-0.25, -0.2) is 4.68 Å². The zero-order chi connectivity index (χ0) is 24.9. The molecular weight excluding hydrogens is 474 g/mol. The first kappa shape index (κ1) is 23.5. The lowest BCUT2D eigenvalue weighted by atomic mass is 10.1. The van der Waals surface area contributed by atoms with E-state index in [0.717, 1.165) is 11.1 Å². The fraction of sp³-hybridized carbons (Fsp3) is 0.148. The van der Waals surface area contributed by atoms with Crippen LogP contribution in [0.3, 0.4) is 0 Å².